The first-order valence-electron chi connectivity index (χ1n) is 6.11. The van der Waals surface area contributed by atoms with Crippen LogP contribution in [0.2, 0.25) is 0 Å². The third kappa shape index (κ3) is 3.11. The molecule has 9 nitrogen and oxygen atoms in total. The zero-order valence-electron chi connectivity index (χ0n) is 10.6. The van der Waals surface area contributed by atoms with Crippen molar-refractivity contribution in [2.24, 2.45) is 0 Å². The summed E-state index contributed by atoms with van der Waals surface area (Å²) in [7, 11) is 0. The van der Waals surface area contributed by atoms with Gasteiger partial charge in [0.15, 0.2) is 0 Å². The fourth-order valence-corrected chi connectivity index (χ4v) is 2.26. The molecule has 1 heterocycles. The van der Waals surface area contributed by atoms with Gasteiger partial charge in [-0.05, 0) is 24.2 Å². The smallest absolute Gasteiger partial charge is 0.389 e. The van der Waals surface area contributed by atoms with Crippen LogP contribution in [0.25, 0.3) is 0 Å². The Morgan fingerprint density at radius 1 is 1.55 bits per heavy atom. The van der Waals surface area contributed by atoms with Crippen LogP contribution in [0.5, 0.6) is 0 Å². The van der Waals surface area contributed by atoms with E-state index in [0.717, 1.165) is 11.1 Å². The lowest BCUT2D eigenvalue weighted by atomic mass is 9.74. The predicted octanol–water partition coefficient (Wildman–Crippen LogP) is 0.305. The summed E-state index contributed by atoms with van der Waals surface area (Å²) in [5.74, 6) is -1.69. The van der Waals surface area contributed by atoms with Gasteiger partial charge in [0, 0.05) is 0 Å². The second-order valence-electron chi connectivity index (χ2n) is 4.88. The molecule has 0 saturated heterocycles. The standard InChI is InChI=1S/C11H14N4O5/c16-9(7-14-5-2-8(13-14)15(19)20)12-11(3-1-4-11)6-10(17)18/h2,5H,1,3-4,6-7H2,(H,12,16)(H,17,18). The highest BCUT2D eigenvalue weighted by molar-refractivity contribution is 5.78. The zero-order valence-corrected chi connectivity index (χ0v) is 10.6. The monoisotopic (exact) mass is 282 g/mol. The van der Waals surface area contributed by atoms with Gasteiger partial charge in [-0.2, -0.15) is 4.68 Å². The molecule has 0 spiro atoms. The van der Waals surface area contributed by atoms with Gasteiger partial charge in [0.05, 0.1) is 29.3 Å². The first-order valence-corrected chi connectivity index (χ1v) is 6.11. The summed E-state index contributed by atoms with van der Waals surface area (Å²) in [5, 5.41) is 25.6. The number of rotatable bonds is 6. The number of nitro groups is 1. The predicted molar refractivity (Wildman–Crippen MR) is 65.9 cm³/mol. The van der Waals surface area contributed by atoms with E-state index in [1.807, 2.05) is 0 Å². The molecule has 0 aliphatic heterocycles. The Morgan fingerprint density at radius 2 is 2.25 bits per heavy atom. The lowest BCUT2D eigenvalue weighted by Crippen LogP contribution is -2.55. The molecule has 1 amide bonds. The fraction of sp³-hybridized carbons (Fsp3) is 0.545. The Labute approximate surface area is 113 Å². The number of aromatic nitrogens is 2. The van der Waals surface area contributed by atoms with E-state index in [9.17, 15) is 19.7 Å². The van der Waals surface area contributed by atoms with Crippen LogP contribution in [0.4, 0.5) is 5.82 Å². The Hall–Kier alpha value is -2.45. The van der Waals surface area contributed by atoms with Crippen LogP contribution in [0, 0.1) is 10.1 Å². The van der Waals surface area contributed by atoms with Crippen LogP contribution in [0.15, 0.2) is 12.3 Å². The van der Waals surface area contributed by atoms with Crippen molar-refractivity contribution in [3.63, 3.8) is 0 Å². The molecule has 1 saturated carbocycles. The molecular weight excluding hydrogens is 268 g/mol. The summed E-state index contributed by atoms with van der Waals surface area (Å²) in [6.45, 7) is -0.171. The number of nitrogens with zero attached hydrogens (tertiary/aromatic N) is 3. The summed E-state index contributed by atoms with van der Waals surface area (Å²) in [6.07, 6.45) is 3.36. The molecule has 1 aromatic heterocycles. The van der Waals surface area contributed by atoms with Gasteiger partial charge >= 0.3 is 11.8 Å². The van der Waals surface area contributed by atoms with Crippen molar-refractivity contribution in [2.75, 3.05) is 0 Å². The number of carboxylic acids is 1. The number of carboxylic acid groups (broad SMARTS) is 1. The van der Waals surface area contributed by atoms with E-state index < -0.39 is 22.3 Å². The number of hydrogen-bond acceptors (Lipinski definition) is 5. The van der Waals surface area contributed by atoms with Gasteiger partial charge in [0.1, 0.15) is 6.54 Å². The van der Waals surface area contributed by atoms with E-state index in [1.54, 1.807) is 0 Å². The molecule has 0 atom stereocenters. The molecule has 108 valence electrons. The van der Waals surface area contributed by atoms with E-state index >= 15 is 0 Å². The van der Waals surface area contributed by atoms with Crippen molar-refractivity contribution in [1.29, 1.82) is 0 Å². The lowest BCUT2D eigenvalue weighted by molar-refractivity contribution is -0.389. The fourth-order valence-electron chi connectivity index (χ4n) is 2.26. The van der Waals surface area contributed by atoms with Crippen LogP contribution < -0.4 is 5.32 Å². The van der Waals surface area contributed by atoms with Crippen molar-refractivity contribution in [1.82, 2.24) is 15.1 Å². The van der Waals surface area contributed by atoms with Gasteiger partial charge in [-0.25, -0.2) is 0 Å². The number of carbonyl (C=O) groups excluding carboxylic acids is 1. The van der Waals surface area contributed by atoms with Crippen molar-refractivity contribution >= 4 is 17.7 Å². The Balaban J connectivity index is 1.94. The summed E-state index contributed by atoms with van der Waals surface area (Å²) in [6, 6.07) is 1.20. The molecule has 1 aromatic rings. The minimum absolute atomic E-state index is 0.113. The number of aliphatic carboxylic acids is 1. The normalized spacial score (nSPS) is 16.2. The maximum absolute atomic E-state index is 11.8. The van der Waals surface area contributed by atoms with E-state index in [2.05, 4.69) is 10.4 Å². The Kier molecular flexibility index (Phi) is 3.68. The molecule has 0 aromatic carbocycles. The number of amides is 1. The second-order valence-corrected chi connectivity index (χ2v) is 4.88. The van der Waals surface area contributed by atoms with E-state index in [-0.39, 0.29) is 18.8 Å². The third-order valence-electron chi connectivity index (χ3n) is 3.32. The topological polar surface area (TPSA) is 127 Å². The molecule has 0 unspecified atom stereocenters. The zero-order chi connectivity index (χ0) is 14.8. The molecular formula is C11H14N4O5. The van der Waals surface area contributed by atoms with Crippen molar-refractivity contribution < 1.29 is 19.6 Å². The average molecular weight is 282 g/mol. The second kappa shape index (κ2) is 5.27. The van der Waals surface area contributed by atoms with Gasteiger partial charge < -0.3 is 20.5 Å². The minimum Gasteiger partial charge on any atom is -0.481 e. The minimum atomic E-state index is -0.959. The molecule has 1 aliphatic rings. The first-order chi connectivity index (χ1) is 9.40. The van der Waals surface area contributed by atoms with E-state index in [0.29, 0.717) is 12.8 Å². The van der Waals surface area contributed by atoms with Crippen LogP contribution in [0.3, 0.4) is 0 Å². The molecule has 9 heteroatoms. The quantitative estimate of drug-likeness (QED) is 0.570. The maximum atomic E-state index is 11.8. The Morgan fingerprint density at radius 3 is 2.70 bits per heavy atom. The highest BCUT2D eigenvalue weighted by Gasteiger charge is 2.40. The van der Waals surface area contributed by atoms with Gasteiger partial charge in [-0.1, -0.05) is 0 Å². The number of nitrogens with one attached hydrogen (secondary N) is 1. The van der Waals surface area contributed by atoms with Crippen LogP contribution in [-0.2, 0) is 16.1 Å². The molecule has 2 rings (SSSR count). The number of carbonyl (C=O) groups is 2. The maximum Gasteiger partial charge on any atom is 0.389 e. The summed E-state index contributed by atoms with van der Waals surface area (Å²) >= 11 is 0. The van der Waals surface area contributed by atoms with E-state index in [4.69, 9.17) is 5.11 Å². The van der Waals surface area contributed by atoms with Crippen LogP contribution >= 0.6 is 0 Å². The SMILES string of the molecule is O=C(O)CC1(NC(=O)Cn2ccc([N+](=O)[O-])n2)CCC1. The van der Waals surface area contributed by atoms with Gasteiger partial charge in [0.25, 0.3) is 0 Å². The Bertz CT molecular complexity index is 549. The van der Waals surface area contributed by atoms with Gasteiger partial charge in [-0.3, -0.25) is 9.59 Å². The van der Waals surface area contributed by atoms with Crippen molar-refractivity contribution in [3.8, 4) is 0 Å². The molecule has 1 aliphatic carbocycles. The summed E-state index contributed by atoms with van der Waals surface area (Å²) < 4.78 is 1.15. The highest BCUT2D eigenvalue weighted by Crippen LogP contribution is 2.34. The van der Waals surface area contributed by atoms with Crippen LogP contribution in [-0.4, -0.2) is 37.2 Å². The van der Waals surface area contributed by atoms with Crippen molar-refractivity contribution in [3.05, 3.63) is 22.4 Å². The number of hydrogen-bond donors (Lipinski definition) is 2. The molecule has 1 fully saturated rings. The average Bonchev–Trinajstić information content (AvgIpc) is 2.73. The summed E-state index contributed by atoms with van der Waals surface area (Å²) in [5.41, 5.74) is -0.679. The van der Waals surface area contributed by atoms with Gasteiger partial charge in [-0.15, -0.1) is 0 Å². The molecule has 0 radical (unpaired) electrons. The third-order valence-corrected chi connectivity index (χ3v) is 3.32. The first kappa shape index (κ1) is 14.0. The van der Waals surface area contributed by atoms with Crippen molar-refractivity contribution in [2.45, 2.75) is 37.8 Å². The highest BCUT2D eigenvalue weighted by atomic mass is 16.6. The largest absolute Gasteiger partial charge is 0.481 e. The summed E-state index contributed by atoms with van der Waals surface area (Å²) in [4.78, 5) is 32.5. The van der Waals surface area contributed by atoms with Gasteiger partial charge in [0.2, 0.25) is 5.91 Å². The van der Waals surface area contributed by atoms with E-state index in [1.165, 1.54) is 12.3 Å². The molecule has 2 N–H and O–H groups in total. The van der Waals surface area contributed by atoms with Crippen LogP contribution in [0.1, 0.15) is 25.7 Å². The molecule has 0 bridgehead atoms. The lowest BCUT2D eigenvalue weighted by Gasteiger charge is -2.41. The molecule has 20 heavy (non-hydrogen) atoms.